The maximum atomic E-state index is 12.9. The van der Waals surface area contributed by atoms with Gasteiger partial charge in [0.2, 0.25) is 0 Å². The maximum Gasteiger partial charge on any atom is 0.416 e. The van der Waals surface area contributed by atoms with Crippen LogP contribution in [-0.4, -0.2) is 35.3 Å². The molecule has 1 aromatic carbocycles. The number of carbonyl (C=O) groups is 1. The van der Waals surface area contributed by atoms with Crippen molar-refractivity contribution in [3.63, 3.8) is 0 Å². The number of nitrogens with zero attached hydrogens (tertiary/aromatic N) is 3. The Labute approximate surface area is 141 Å². The highest BCUT2D eigenvalue weighted by Gasteiger charge is 2.40. The highest BCUT2D eigenvalue weighted by molar-refractivity contribution is 5.93. The standard InChI is InChI=1S/C17H14F3N3O2/c18-17(19,20)11-3-1-2-10(8-11)13-4-5-14-15(21-13)23(16(24)25)12-6-7-22(14)9-12/h1-5,8,12H,6-7,9H2,(H,24,25). The van der Waals surface area contributed by atoms with Gasteiger partial charge in [-0.25, -0.2) is 9.78 Å². The number of aromatic nitrogens is 1. The van der Waals surface area contributed by atoms with Gasteiger partial charge in [-0.2, -0.15) is 13.2 Å². The molecule has 2 bridgehead atoms. The highest BCUT2D eigenvalue weighted by Crippen LogP contribution is 2.40. The molecule has 5 nitrogen and oxygen atoms in total. The SMILES string of the molecule is O=C(O)N1c2nc(-c3cccc(C(F)(F)F)c3)ccc2N2CCC1C2. The van der Waals surface area contributed by atoms with E-state index in [1.54, 1.807) is 12.1 Å². The molecule has 1 atom stereocenters. The summed E-state index contributed by atoms with van der Waals surface area (Å²) in [5.41, 5.74) is 0.560. The van der Waals surface area contributed by atoms with Crippen molar-refractivity contribution in [1.29, 1.82) is 0 Å². The van der Waals surface area contributed by atoms with Gasteiger partial charge >= 0.3 is 12.3 Å². The molecule has 1 N–H and O–H groups in total. The van der Waals surface area contributed by atoms with Crippen molar-refractivity contribution >= 4 is 17.6 Å². The van der Waals surface area contributed by atoms with Gasteiger partial charge in [0.1, 0.15) is 0 Å². The number of amides is 1. The Bertz CT molecular complexity index is 853. The predicted octanol–water partition coefficient (Wildman–Crippen LogP) is 3.84. The molecule has 3 heterocycles. The number of alkyl halides is 3. The minimum atomic E-state index is -4.44. The number of halogens is 3. The van der Waals surface area contributed by atoms with E-state index in [0.717, 1.165) is 18.7 Å². The monoisotopic (exact) mass is 349 g/mol. The quantitative estimate of drug-likeness (QED) is 0.850. The summed E-state index contributed by atoms with van der Waals surface area (Å²) in [6.45, 7) is 1.36. The smallest absolute Gasteiger partial charge is 0.416 e. The van der Waals surface area contributed by atoms with Crippen LogP contribution in [0, 0.1) is 0 Å². The third-order valence-corrected chi connectivity index (χ3v) is 4.64. The molecule has 4 rings (SSSR count). The van der Waals surface area contributed by atoms with Gasteiger partial charge in [0.05, 0.1) is 23.0 Å². The van der Waals surface area contributed by atoms with Gasteiger partial charge in [-0.1, -0.05) is 12.1 Å². The molecule has 2 aromatic rings. The Morgan fingerprint density at radius 1 is 1.24 bits per heavy atom. The molecule has 1 saturated heterocycles. The molecule has 130 valence electrons. The van der Waals surface area contributed by atoms with Crippen LogP contribution in [-0.2, 0) is 6.18 Å². The first kappa shape index (κ1) is 15.7. The van der Waals surface area contributed by atoms with E-state index in [0.29, 0.717) is 29.9 Å². The van der Waals surface area contributed by atoms with Gasteiger partial charge in [-0.3, -0.25) is 4.90 Å². The van der Waals surface area contributed by atoms with Gasteiger partial charge in [0, 0.05) is 18.7 Å². The van der Waals surface area contributed by atoms with Crippen LogP contribution >= 0.6 is 0 Å². The van der Waals surface area contributed by atoms with E-state index in [9.17, 15) is 23.1 Å². The third kappa shape index (κ3) is 2.57. The number of anilines is 2. The van der Waals surface area contributed by atoms with Crippen molar-refractivity contribution in [3.05, 3.63) is 42.0 Å². The number of hydrogen-bond acceptors (Lipinski definition) is 3. The third-order valence-electron chi connectivity index (χ3n) is 4.64. The zero-order chi connectivity index (χ0) is 17.8. The van der Waals surface area contributed by atoms with Crippen molar-refractivity contribution in [3.8, 4) is 11.3 Å². The lowest BCUT2D eigenvalue weighted by molar-refractivity contribution is -0.137. The second kappa shape index (κ2) is 5.37. The Kier molecular flexibility index (Phi) is 3.38. The number of benzene rings is 1. The number of carboxylic acid groups (broad SMARTS) is 1. The summed E-state index contributed by atoms with van der Waals surface area (Å²) in [5.74, 6) is 0.288. The first-order valence-corrected chi connectivity index (χ1v) is 7.80. The van der Waals surface area contributed by atoms with E-state index in [1.807, 2.05) is 0 Å². The van der Waals surface area contributed by atoms with Gasteiger partial charge in [0.15, 0.2) is 5.82 Å². The van der Waals surface area contributed by atoms with E-state index in [1.165, 1.54) is 17.0 Å². The largest absolute Gasteiger partial charge is 0.465 e. The molecule has 8 heteroatoms. The summed E-state index contributed by atoms with van der Waals surface area (Å²) in [4.78, 5) is 19.3. The molecule has 0 radical (unpaired) electrons. The second-order valence-corrected chi connectivity index (χ2v) is 6.16. The lowest BCUT2D eigenvalue weighted by atomic mass is 10.1. The normalized spacial score (nSPS) is 19.1. The van der Waals surface area contributed by atoms with E-state index in [-0.39, 0.29) is 11.9 Å². The summed E-state index contributed by atoms with van der Waals surface area (Å²) < 4.78 is 38.8. The zero-order valence-corrected chi connectivity index (χ0v) is 13.0. The summed E-state index contributed by atoms with van der Waals surface area (Å²) in [7, 11) is 0. The average Bonchev–Trinajstić information content (AvgIpc) is 2.98. The predicted molar refractivity (Wildman–Crippen MR) is 85.8 cm³/mol. The first-order valence-electron chi connectivity index (χ1n) is 7.80. The maximum absolute atomic E-state index is 12.9. The molecule has 0 saturated carbocycles. The first-order chi connectivity index (χ1) is 11.8. The number of pyridine rings is 1. The lowest BCUT2D eigenvalue weighted by Crippen LogP contribution is -2.45. The molecule has 2 aliphatic heterocycles. The van der Waals surface area contributed by atoms with Crippen molar-refractivity contribution in [2.75, 3.05) is 22.9 Å². The minimum absolute atomic E-state index is 0.172. The van der Waals surface area contributed by atoms with Crippen LogP contribution in [0.1, 0.15) is 12.0 Å². The van der Waals surface area contributed by atoms with Crippen molar-refractivity contribution in [2.24, 2.45) is 0 Å². The fourth-order valence-corrected chi connectivity index (χ4v) is 3.47. The molecule has 25 heavy (non-hydrogen) atoms. The molecule has 1 amide bonds. The fourth-order valence-electron chi connectivity index (χ4n) is 3.47. The number of hydrogen-bond donors (Lipinski definition) is 1. The van der Waals surface area contributed by atoms with Crippen LogP contribution in [0.3, 0.4) is 0 Å². The Morgan fingerprint density at radius 3 is 2.76 bits per heavy atom. The molecule has 1 unspecified atom stereocenters. The highest BCUT2D eigenvalue weighted by atomic mass is 19.4. The average molecular weight is 349 g/mol. The van der Waals surface area contributed by atoms with Crippen molar-refractivity contribution in [1.82, 2.24) is 4.98 Å². The second-order valence-electron chi connectivity index (χ2n) is 6.16. The molecule has 0 aliphatic carbocycles. The van der Waals surface area contributed by atoms with E-state index < -0.39 is 17.8 Å². The van der Waals surface area contributed by atoms with Crippen LogP contribution < -0.4 is 9.80 Å². The Balaban J connectivity index is 1.81. The number of fused-ring (bicyclic) bond motifs is 4. The van der Waals surface area contributed by atoms with Gasteiger partial charge in [-0.15, -0.1) is 0 Å². The topological polar surface area (TPSA) is 56.7 Å². The van der Waals surface area contributed by atoms with E-state index >= 15 is 0 Å². The van der Waals surface area contributed by atoms with Crippen molar-refractivity contribution in [2.45, 2.75) is 18.6 Å². The lowest BCUT2D eigenvalue weighted by Gasteiger charge is -2.34. The van der Waals surface area contributed by atoms with E-state index in [2.05, 4.69) is 9.88 Å². The summed E-state index contributed by atoms with van der Waals surface area (Å²) in [5, 5.41) is 9.54. The van der Waals surface area contributed by atoms with Crippen LogP contribution in [0.2, 0.25) is 0 Å². The van der Waals surface area contributed by atoms with Crippen LogP contribution in [0.4, 0.5) is 29.5 Å². The molecular weight excluding hydrogens is 335 g/mol. The molecule has 1 fully saturated rings. The van der Waals surface area contributed by atoms with Gasteiger partial charge in [-0.05, 0) is 30.7 Å². The van der Waals surface area contributed by atoms with Crippen molar-refractivity contribution < 1.29 is 23.1 Å². The molecule has 1 aromatic heterocycles. The fraction of sp³-hybridized carbons (Fsp3) is 0.294. The minimum Gasteiger partial charge on any atom is -0.465 e. The van der Waals surface area contributed by atoms with Gasteiger partial charge < -0.3 is 10.0 Å². The van der Waals surface area contributed by atoms with Crippen LogP contribution in [0.25, 0.3) is 11.3 Å². The van der Waals surface area contributed by atoms with E-state index in [4.69, 9.17) is 0 Å². The molecule has 0 spiro atoms. The zero-order valence-electron chi connectivity index (χ0n) is 13.0. The number of rotatable bonds is 1. The summed E-state index contributed by atoms with van der Waals surface area (Å²) in [6.07, 6.45) is -4.83. The molecule has 2 aliphatic rings. The molecular formula is C17H14F3N3O2. The Hall–Kier alpha value is -2.77. The van der Waals surface area contributed by atoms with Gasteiger partial charge in [0.25, 0.3) is 0 Å². The summed E-state index contributed by atoms with van der Waals surface area (Å²) >= 11 is 0. The van der Waals surface area contributed by atoms with Crippen LogP contribution in [0.15, 0.2) is 36.4 Å². The summed E-state index contributed by atoms with van der Waals surface area (Å²) in [6, 6.07) is 8.07. The Morgan fingerprint density at radius 2 is 2.04 bits per heavy atom. The van der Waals surface area contributed by atoms with Crippen LogP contribution in [0.5, 0.6) is 0 Å².